The molecule has 3 aliphatic rings. The number of aliphatic hydroxyl groups excluding tert-OH is 5. The number of carboxylic acids is 3. The number of nitrogens with one attached hydrogen (secondary N) is 14. The molecule has 0 aromatic heterocycles. The van der Waals surface area contributed by atoms with E-state index >= 15 is 0 Å². The quantitative estimate of drug-likeness (QED) is 0.00750. The van der Waals surface area contributed by atoms with Gasteiger partial charge in [-0.2, -0.15) is 21.6 Å². The first kappa shape index (κ1) is 91.3. The topological polar surface area (TPSA) is 627 Å². The number of thioether (sulfide) groups is 1. The van der Waals surface area contributed by atoms with E-state index in [1.165, 1.54) is 0 Å². The Morgan fingerprint density at radius 2 is 1.31 bits per heavy atom. The lowest BCUT2D eigenvalue weighted by Crippen LogP contribution is -2.62. The van der Waals surface area contributed by atoms with Crippen LogP contribution in [0.15, 0.2) is 45.7 Å². The number of guanidine groups is 1. The Balaban J connectivity index is 1.34. The molecule has 4 rings (SSSR count). The molecule has 43 heteroatoms. The van der Waals surface area contributed by atoms with Gasteiger partial charge in [0.1, 0.15) is 55.8 Å². The Morgan fingerprint density at radius 1 is 0.679 bits per heavy atom. The smallest absolute Gasteiger partial charge is 0.322 e. The fourth-order valence-electron chi connectivity index (χ4n) is 11.5. The average molecular weight is 1560 g/mol. The fraction of sp³-hybridized carbons (Fsp3) is 0.730. The molecule has 598 valence electrons. The molecule has 40 nitrogen and oxygen atoms in total. The van der Waals surface area contributed by atoms with Gasteiger partial charge in [0.15, 0.2) is 5.96 Å². The van der Waals surface area contributed by atoms with Gasteiger partial charge in [-0.05, 0) is 71.8 Å². The second-order valence-electron chi connectivity index (χ2n) is 26.9. The number of nitrogens with zero attached hydrogens (tertiary/aromatic N) is 4. The van der Waals surface area contributed by atoms with Crippen molar-refractivity contribution in [2.75, 3.05) is 88.5 Å². The maximum absolute atomic E-state index is 14.0. The van der Waals surface area contributed by atoms with Crippen molar-refractivity contribution in [3.8, 4) is 0 Å². The van der Waals surface area contributed by atoms with Crippen LogP contribution in [0.2, 0.25) is 0 Å². The summed E-state index contributed by atoms with van der Waals surface area (Å²) >= 11 is 1.01. The van der Waals surface area contributed by atoms with Gasteiger partial charge in [0, 0.05) is 112 Å². The van der Waals surface area contributed by atoms with Gasteiger partial charge in [0.2, 0.25) is 41.4 Å². The summed E-state index contributed by atoms with van der Waals surface area (Å²) in [5, 5.41) is 131. The van der Waals surface area contributed by atoms with Crippen molar-refractivity contribution in [3.05, 3.63) is 45.7 Å². The molecule has 26 N–H and O–H groups in total. The van der Waals surface area contributed by atoms with Crippen LogP contribution < -0.4 is 85.9 Å². The Kier molecular flexibility index (Phi) is 41.1. The molecule has 0 saturated carbocycles. The molecule has 15 atom stereocenters. The fourth-order valence-corrected chi connectivity index (χ4v) is 14.9. The third-order valence-electron chi connectivity index (χ3n) is 17.6. The molecule has 3 aliphatic heterocycles. The summed E-state index contributed by atoms with van der Waals surface area (Å²) in [6, 6.07) is -3.46. The number of nitrogens with two attached hydrogens (primary N) is 2. The molecule has 0 radical (unpaired) electrons. The molecule has 3 unspecified atom stereocenters. The number of hydrogen-bond acceptors (Lipinski definition) is 31. The number of amides is 7. The van der Waals surface area contributed by atoms with Gasteiger partial charge in [0.05, 0.1) is 55.6 Å². The van der Waals surface area contributed by atoms with Crippen LogP contribution in [-0.2, 0) is 54.4 Å². The van der Waals surface area contributed by atoms with E-state index in [9.17, 15) is 93.5 Å². The third kappa shape index (κ3) is 34.9. The summed E-state index contributed by atoms with van der Waals surface area (Å²) in [7, 11) is 2.12. The van der Waals surface area contributed by atoms with Crippen molar-refractivity contribution in [2.45, 2.75) is 201 Å². The second kappa shape index (κ2) is 47.7. The van der Waals surface area contributed by atoms with Crippen molar-refractivity contribution >= 4 is 98.6 Å². The number of benzene rings is 1. The minimum atomic E-state index is -1.84. The number of aliphatic imine (C=N–C) groups is 1. The predicted molar refractivity (Wildman–Crippen MR) is 394 cm³/mol. The molecular formula is C63H108N20O20S3. The lowest BCUT2D eigenvalue weighted by molar-refractivity contribution is -0.141. The summed E-state index contributed by atoms with van der Waals surface area (Å²) in [5.74, 6) is -10.6. The van der Waals surface area contributed by atoms with Crippen LogP contribution in [-0.4, -0.2) is 302 Å². The Labute approximate surface area is 625 Å². The first-order chi connectivity index (χ1) is 50.2. The van der Waals surface area contributed by atoms with E-state index in [1.54, 1.807) is 30.3 Å². The molecule has 0 spiro atoms. The molecular weight excluding hydrogens is 1450 g/mol. The number of hydrogen-bond donors (Lipinski definition) is 24. The zero-order valence-electron chi connectivity index (χ0n) is 59.9. The highest BCUT2D eigenvalue weighted by molar-refractivity contribution is 8.76. The monoisotopic (exact) mass is 1560 g/mol. The molecule has 106 heavy (non-hydrogen) atoms. The number of carboxylic acid groups (broad SMARTS) is 3. The molecule has 3 heterocycles. The van der Waals surface area contributed by atoms with Crippen molar-refractivity contribution in [2.24, 2.45) is 26.8 Å². The van der Waals surface area contributed by atoms with Crippen LogP contribution in [0.1, 0.15) is 97.5 Å². The van der Waals surface area contributed by atoms with Crippen LogP contribution in [0, 0.1) is 9.81 Å². The number of nitroso groups, excluding NO2 is 2. The first-order valence-electron chi connectivity index (χ1n) is 34.8. The van der Waals surface area contributed by atoms with Crippen molar-refractivity contribution in [1.82, 2.24) is 79.3 Å². The number of carbonyl (C=O) groups excluding carboxylic acids is 7. The SMILES string of the molecule is CC1(C)NCCN(CCNC(=O)CCC(=O)NCCCC[C@H]2N[C@@H](O)CSC[C@@H]([C@@H](O)N[C@@H](CCCN=C(N)N)C(=O)NCC(=O)N[C@@H](CC(=O)O)C(=O)N[C@H]3CSSC[C@@H](C(=O)NCC(=O)O)N[C@@H](O)[C@H](Cc4ccccc4)NC3O)NC(=O)[C@H](CC(=O)O)N[C@@H]2O)CCNC(C)(C)C(N=O)CC1N=O. The van der Waals surface area contributed by atoms with Crippen molar-refractivity contribution < 1.29 is 88.8 Å². The van der Waals surface area contributed by atoms with E-state index in [2.05, 4.69) is 94.7 Å². The van der Waals surface area contributed by atoms with E-state index in [-0.39, 0.29) is 99.5 Å². The average Bonchev–Trinajstić information content (AvgIpc) is 0.965. The van der Waals surface area contributed by atoms with E-state index in [0.717, 1.165) is 33.3 Å². The van der Waals surface area contributed by atoms with Crippen LogP contribution in [0.5, 0.6) is 0 Å². The van der Waals surface area contributed by atoms with E-state index in [0.29, 0.717) is 51.1 Å². The van der Waals surface area contributed by atoms with Crippen molar-refractivity contribution in [3.63, 3.8) is 0 Å². The predicted octanol–water partition coefficient (Wildman–Crippen LogP) is -6.58. The standard InChI is InChI=1S/C63H108N20O20S3/c1-62(2)44(81-102)28-45(82-103)63(3,4)72-21-24-83(23-20-71-62)22-19-67-47(85)16-15-46(84)66-17-9-8-13-37-55(96)77-40(27-51(90)91)58(99)78-41(31-104-34-49(87)73-37)59(100)75-36(14-10-18-68-61(64)65)53(94)69-29-48(86)74-39(26-50(88)89)57(98)80-43-33-106-105-32-42(54(95)70-30-52(92)93)79-56(97)38(76-60(43)101)25-35-11-6-5-7-12-35/h5-7,11-12,36-45,49,55-56,59-60,71-73,75-77,79,87,96-97,100-101H,8-10,13-34H2,1-4H3,(H,66,84)(H,67,85)(H,69,94)(H,70,95)(H,74,86)(H,78,99)(H,80,98)(H,88,89)(H,90,91)(H,92,93)(H4,64,65,68)/t36-,37+,38-,39-,40-,41-,42-,43-,44?,45?,49-,55+,56-,59+,60?/m0/s1. The first-order valence-corrected chi connectivity index (χ1v) is 38.5. The van der Waals surface area contributed by atoms with E-state index < -0.39 is 182 Å². The maximum Gasteiger partial charge on any atom is 0.322 e. The van der Waals surface area contributed by atoms with Gasteiger partial charge in [-0.15, -0.1) is 0 Å². The third-order valence-corrected chi connectivity index (χ3v) is 21.2. The number of aliphatic carboxylic acids is 3. The van der Waals surface area contributed by atoms with E-state index in [4.69, 9.17) is 16.6 Å². The van der Waals surface area contributed by atoms with Crippen LogP contribution >= 0.6 is 33.3 Å². The normalized spacial score (nSPS) is 26.1. The second-order valence-corrected chi connectivity index (χ2v) is 30.6. The number of carbonyl (C=O) groups is 10. The highest BCUT2D eigenvalue weighted by Gasteiger charge is 2.41. The van der Waals surface area contributed by atoms with Gasteiger partial charge in [-0.1, -0.05) is 62.3 Å². The highest BCUT2D eigenvalue weighted by Crippen LogP contribution is 2.27. The van der Waals surface area contributed by atoms with Crippen LogP contribution in [0.3, 0.4) is 0 Å². The lowest BCUT2D eigenvalue weighted by Gasteiger charge is -2.38. The minimum Gasteiger partial charge on any atom is -0.481 e. The number of rotatable bonds is 35. The molecule has 7 amide bonds. The molecule has 3 fully saturated rings. The molecule has 0 bridgehead atoms. The lowest BCUT2D eigenvalue weighted by atomic mass is 9.83. The van der Waals surface area contributed by atoms with Crippen LogP contribution in [0.4, 0.5) is 0 Å². The highest BCUT2D eigenvalue weighted by atomic mass is 33.1. The zero-order valence-corrected chi connectivity index (χ0v) is 62.3. The van der Waals surface area contributed by atoms with E-state index in [1.807, 2.05) is 27.7 Å². The molecule has 3 saturated heterocycles. The summed E-state index contributed by atoms with van der Waals surface area (Å²) in [6.07, 6.45) is -9.16. The summed E-state index contributed by atoms with van der Waals surface area (Å²) in [4.78, 5) is 159. The Bertz CT molecular complexity index is 3000. The molecule has 1 aromatic carbocycles. The zero-order chi connectivity index (χ0) is 78.5. The largest absolute Gasteiger partial charge is 0.481 e. The maximum atomic E-state index is 14.0. The van der Waals surface area contributed by atoms with Gasteiger partial charge >= 0.3 is 17.9 Å². The summed E-state index contributed by atoms with van der Waals surface area (Å²) in [5.41, 5.74) is 10.3. The number of unbranched alkanes of at least 4 members (excludes halogenated alkanes) is 1. The van der Waals surface area contributed by atoms with Crippen molar-refractivity contribution in [1.29, 1.82) is 0 Å². The summed E-state index contributed by atoms with van der Waals surface area (Å²) < 4.78 is 0. The molecule has 0 aliphatic carbocycles. The minimum absolute atomic E-state index is 0.0304. The Hall–Kier alpha value is -7.08. The Morgan fingerprint density at radius 3 is 1.92 bits per heavy atom. The van der Waals surface area contributed by atoms with Gasteiger partial charge in [0.25, 0.3) is 0 Å². The molecule has 1 aromatic rings. The van der Waals surface area contributed by atoms with Gasteiger partial charge in [-0.3, -0.25) is 84.4 Å². The van der Waals surface area contributed by atoms with Gasteiger partial charge < -0.3 is 100 Å². The number of aliphatic hydroxyl groups is 5. The summed E-state index contributed by atoms with van der Waals surface area (Å²) in [6.45, 7) is 8.86. The van der Waals surface area contributed by atoms with Crippen LogP contribution in [0.25, 0.3) is 0 Å². The van der Waals surface area contributed by atoms with Gasteiger partial charge in [-0.25, -0.2) is 0 Å².